The summed E-state index contributed by atoms with van der Waals surface area (Å²) in [5.41, 5.74) is 1.11. The molecule has 0 saturated heterocycles. The second-order valence-corrected chi connectivity index (χ2v) is 1.60. The number of hydrogen-bond donors (Lipinski definition) is 0. The van der Waals surface area contributed by atoms with Crippen molar-refractivity contribution in [1.29, 1.82) is 0 Å². The molecule has 0 atom stereocenters. The lowest BCUT2D eigenvalue weighted by Gasteiger charge is -1.89. The maximum absolute atomic E-state index is 3.93. The molecule has 1 heterocycles. The van der Waals surface area contributed by atoms with E-state index in [1.54, 1.807) is 17.1 Å². The molecule has 1 aromatic heterocycles. The van der Waals surface area contributed by atoms with Crippen LogP contribution in [0, 0.1) is 6.92 Å². The van der Waals surface area contributed by atoms with Crippen LogP contribution in [0.15, 0.2) is 18.8 Å². The van der Waals surface area contributed by atoms with E-state index in [4.69, 9.17) is 0 Å². The Morgan fingerprint density at radius 1 is 1.88 bits per heavy atom. The van der Waals surface area contributed by atoms with Crippen LogP contribution in [-0.2, 0) is 0 Å². The smallest absolute Gasteiger partial charge is 0.0496 e. The van der Waals surface area contributed by atoms with Gasteiger partial charge in [-0.3, -0.25) is 0 Å². The average Bonchev–Trinajstić information content (AvgIpc) is 2.14. The summed E-state index contributed by atoms with van der Waals surface area (Å²) < 4.78 is 1.72. The normalized spacial score (nSPS) is 9.12. The molecule has 0 aliphatic rings. The molecule has 0 fully saturated rings. The van der Waals surface area contributed by atoms with Gasteiger partial charge in [0.2, 0.25) is 0 Å². The Bertz CT molecular complexity index is 188. The van der Waals surface area contributed by atoms with E-state index in [1.807, 2.05) is 13.0 Å². The zero-order valence-corrected chi connectivity index (χ0v) is 4.83. The van der Waals surface area contributed by atoms with E-state index in [-0.39, 0.29) is 0 Å². The Labute approximate surface area is 48.4 Å². The highest BCUT2D eigenvalue weighted by molar-refractivity contribution is 5.18. The molecular weight excluding hydrogens is 100 g/mol. The Morgan fingerprint density at radius 3 is 2.88 bits per heavy atom. The molecule has 42 valence electrons. The van der Waals surface area contributed by atoms with Gasteiger partial charge < -0.3 is 0 Å². The third-order valence-electron chi connectivity index (χ3n) is 1.04. The van der Waals surface area contributed by atoms with Gasteiger partial charge in [-0.25, -0.2) is 4.68 Å². The van der Waals surface area contributed by atoms with Crippen LogP contribution in [0.3, 0.4) is 0 Å². The van der Waals surface area contributed by atoms with Gasteiger partial charge in [0.05, 0.1) is 0 Å². The van der Waals surface area contributed by atoms with Crippen molar-refractivity contribution in [2.45, 2.75) is 6.92 Å². The van der Waals surface area contributed by atoms with Gasteiger partial charge in [-0.1, -0.05) is 6.58 Å². The molecule has 0 N–H and O–H groups in total. The van der Waals surface area contributed by atoms with Crippen molar-refractivity contribution in [3.63, 3.8) is 0 Å². The van der Waals surface area contributed by atoms with Crippen molar-refractivity contribution >= 4 is 6.20 Å². The van der Waals surface area contributed by atoms with Gasteiger partial charge in [-0.15, -0.1) is 0 Å². The van der Waals surface area contributed by atoms with Crippen LogP contribution in [0.5, 0.6) is 0 Å². The lowest BCUT2D eigenvalue weighted by molar-refractivity contribution is 0.899. The van der Waals surface area contributed by atoms with Crippen molar-refractivity contribution in [2.75, 3.05) is 0 Å². The molecule has 0 aliphatic heterocycles. The molecule has 1 aromatic rings. The standard InChI is InChI=1S/C6H8N2/c1-3-8-6(2)4-5-7-8/h3-5H,1H2,2H3. The van der Waals surface area contributed by atoms with Gasteiger partial charge in [-0.05, 0) is 13.0 Å². The van der Waals surface area contributed by atoms with Crippen LogP contribution >= 0.6 is 0 Å². The first-order chi connectivity index (χ1) is 3.84. The minimum atomic E-state index is 1.11. The van der Waals surface area contributed by atoms with Crippen LogP contribution in [-0.4, -0.2) is 9.78 Å². The molecule has 0 bridgehead atoms. The third-order valence-corrected chi connectivity index (χ3v) is 1.04. The van der Waals surface area contributed by atoms with Crippen LogP contribution < -0.4 is 0 Å². The second kappa shape index (κ2) is 1.82. The van der Waals surface area contributed by atoms with Gasteiger partial charge in [0.25, 0.3) is 0 Å². The summed E-state index contributed by atoms with van der Waals surface area (Å²) in [6.45, 7) is 5.55. The van der Waals surface area contributed by atoms with Gasteiger partial charge in [0, 0.05) is 18.1 Å². The topological polar surface area (TPSA) is 17.8 Å². The van der Waals surface area contributed by atoms with Crippen molar-refractivity contribution in [3.05, 3.63) is 24.5 Å². The molecule has 0 saturated carbocycles. The van der Waals surface area contributed by atoms with Crippen LogP contribution in [0.1, 0.15) is 5.69 Å². The minimum absolute atomic E-state index is 1.11. The number of aromatic nitrogens is 2. The van der Waals surface area contributed by atoms with Crippen molar-refractivity contribution in [3.8, 4) is 0 Å². The quantitative estimate of drug-likeness (QED) is 0.530. The largest absolute Gasteiger partial charge is 0.246 e. The van der Waals surface area contributed by atoms with E-state index in [2.05, 4.69) is 11.7 Å². The fourth-order valence-corrected chi connectivity index (χ4v) is 0.572. The fourth-order valence-electron chi connectivity index (χ4n) is 0.572. The van der Waals surface area contributed by atoms with Crippen molar-refractivity contribution < 1.29 is 0 Å². The van der Waals surface area contributed by atoms with Crippen LogP contribution in [0.2, 0.25) is 0 Å². The summed E-state index contributed by atoms with van der Waals surface area (Å²) in [7, 11) is 0. The molecule has 2 heteroatoms. The molecule has 0 amide bonds. The average molecular weight is 108 g/mol. The van der Waals surface area contributed by atoms with Gasteiger partial charge in [0.15, 0.2) is 0 Å². The molecule has 0 radical (unpaired) electrons. The second-order valence-electron chi connectivity index (χ2n) is 1.60. The summed E-state index contributed by atoms with van der Waals surface area (Å²) in [5.74, 6) is 0. The maximum atomic E-state index is 3.93. The maximum Gasteiger partial charge on any atom is 0.0496 e. The summed E-state index contributed by atoms with van der Waals surface area (Å²) in [5, 5.41) is 3.93. The van der Waals surface area contributed by atoms with Gasteiger partial charge in [-0.2, -0.15) is 5.10 Å². The van der Waals surface area contributed by atoms with E-state index < -0.39 is 0 Å². The summed E-state index contributed by atoms with van der Waals surface area (Å²) in [6.07, 6.45) is 3.42. The molecule has 0 aliphatic carbocycles. The molecule has 0 spiro atoms. The minimum Gasteiger partial charge on any atom is -0.246 e. The molecule has 8 heavy (non-hydrogen) atoms. The highest BCUT2D eigenvalue weighted by Crippen LogP contribution is 1.93. The summed E-state index contributed by atoms with van der Waals surface area (Å²) >= 11 is 0. The number of nitrogens with zero attached hydrogens (tertiary/aromatic N) is 2. The summed E-state index contributed by atoms with van der Waals surface area (Å²) in [4.78, 5) is 0. The molecule has 0 unspecified atom stereocenters. The van der Waals surface area contributed by atoms with E-state index in [0.29, 0.717) is 0 Å². The number of hydrogen-bond acceptors (Lipinski definition) is 1. The zero-order chi connectivity index (χ0) is 5.98. The van der Waals surface area contributed by atoms with Gasteiger partial charge >= 0.3 is 0 Å². The Hall–Kier alpha value is -1.05. The first-order valence-corrected chi connectivity index (χ1v) is 2.47. The zero-order valence-electron chi connectivity index (χ0n) is 4.83. The first kappa shape index (κ1) is 5.09. The van der Waals surface area contributed by atoms with E-state index in [9.17, 15) is 0 Å². The fraction of sp³-hybridized carbons (Fsp3) is 0.167. The van der Waals surface area contributed by atoms with E-state index >= 15 is 0 Å². The Kier molecular flexibility index (Phi) is 1.16. The van der Waals surface area contributed by atoms with Crippen LogP contribution in [0.25, 0.3) is 6.20 Å². The highest BCUT2D eigenvalue weighted by Gasteiger charge is 1.86. The van der Waals surface area contributed by atoms with Crippen molar-refractivity contribution in [1.82, 2.24) is 9.78 Å². The first-order valence-electron chi connectivity index (χ1n) is 2.47. The van der Waals surface area contributed by atoms with Crippen molar-refractivity contribution in [2.24, 2.45) is 0 Å². The summed E-state index contributed by atoms with van der Waals surface area (Å²) in [6, 6.07) is 1.93. The van der Waals surface area contributed by atoms with Gasteiger partial charge in [0.1, 0.15) is 0 Å². The highest BCUT2D eigenvalue weighted by atomic mass is 15.3. The number of rotatable bonds is 1. The molecule has 2 nitrogen and oxygen atoms in total. The van der Waals surface area contributed by atoms with Crippen LogP contribution in [0.4, 0.5) is 0 Å². The SMILES string of the molecule is C=Cn1nccc1C. The third kappa shape index (κ3) is 0.644. The lowest BCUT2D eigenvalue weighted by Crippen LogP contribution is -1.88. The van der Waals surface area contributed by atoms with E-state index in [0.717, 1.165) is 5.69 Å². The molecule has 0 aromatic carbocycles. The lowest BCUT2D eigenvalue weighted by atomic mass is 10.5. The monoisotopic (exact) mass is 108 g/mol. The Morgan fingerprint density at radius 2 is 2.62 bits per heavy atom. The predicted octanol–water partition coefficient (Wildman–Crippen LogP) is 1.29. The Balaban J connectivity index is 3.09. The van der Waals surface area contributed by atoms with E-state index in [1.165, 1.54) is 0 Å². The number of aryl methyl sites for hydroxylation is 1. The molecule has 1 rings (SSSR count). The predicted molar refractivity (Wildman–Crippen MR) is 33.4 cm³/mol. The molecular formula is C6H8N2.